The minimum atomic E-state index is -0.154. The van der Waals surface area contributed by atoms with Crippen LogP contribution in [0.25, 0.3) is 0 Å². The second kappa shape index (κ2) is 5.41. The van der Waals surface area contributed by atoms with Gasteiger partial charge < -0.3 is 10.1 Å². The van der Waals surface area contributed by atoms with Gasteiger partial charge in [-0.25, -0.2) is 4.39 Å². The Morgan fingerprint density at radius 3 is 3.06 bits per heavy atom. The first-order chi connectivity index (χ1) is 7.74. The minimum absolute atomic E-state index is 0.154. The topological polar surface area (TPSA) is 21.3 Å². The maximum absolute atomic E-state index is 12.9. The molecule has 0 amide bonds. The van der Waals surface area contributed by atoms with Crippen LogP contribution in [0.15, 0.2) is 24.3 Å². The first-order valence-corrected chi connectivity index (χ1v) is 5.83. The summed E-state index contributed by atoms with van der Waals surface area (Å²) in [7, 11) is 0. The maximum atomic E-state index is 12.9. The number of aryl methyl sites for hydroxylation is 1. The van der Waals surface area contributed by atoms with Gasteiger partial charge in [0.05, 0.1) is 12.7 Å². The molecule has 1 aromatic rings. The lowest BCUT2D eigenvalue weighted by Gasteiger charge is -2.28. The number of benzene rings is 1. The Morgan fingerprint density at radius 1 is 1.50 bits per heavy atom. The van der Waals surface area contributed by atoms with Gasteiger partial charge >= 0.3 is 0 Å². The summed E-state index contributed by atoms with van der Waals surface area (Å²) in [6.07, 6.45) is 2.20. The summed E-state index contributed by atoms with van der Waals surface area (Å²) in [5, 5.41) is 3.43. The van der Waals surface area contributed by atoms with Gasteiger partial charge in [0.2, 0.25) is 0 Å². The predicted molar refractivity (Wildman–Crippen MR) is 61.9 cm³/mol. The molecule has 0 spiro atoms. The van der Waals surface area contributed by atoms with E-state index in [1.54, 1.807) is 12.1 Å². The van der Waals surface area contributed by atoms with Gasteiger partial charge in [0, 0.05) is 12.6 Å². The molecule has 0 aromatic heterocycles. The van der Waals surface area contributed by atoms with E-state index >= 15 is 0 Å². The smallest absolute Gasteiger partial charge is 0.123 e. The summed E-state index contributed by atoms with van der Waals surface area (Å²) in [6.45, 7) is 3.74. The molecule has 3 heteroatoms. The Labute approximate surface area is 95.8 Å². The van der Waals surface area contributed by atoms with Crippen molar-refractivity contribution in [3.63, 3.8) is 0 Å². The molecule has 1 aliphatic rings. The highest BCUT2D eigenvalue weighted by Crippen LogP contribution is 2.10. The predicted octanol–water partition coefficient (Wildman–Crippen LogP) is 2.14. The fourth-order valence-electron chi connectivity index (χ4n) is 1.95. The molecule has 2 rings (SSSR count). The average molecular weight is 223 g/mol. The van der Waals surface area contributed by atoms with Crippen molar-refractivity contribution >= 4 is 0 Å². The van der Waals surface area contributed by atoms with E-state index in [0.717, 1.165) is 31.6 Å². The van der Waals surface area contributed by atoms with Crippen molar-refractivity contribution in [2.24, 2.45) is 0 Å². The maximum Gasteiger partial charge on any atom is 0.123 e. The van der Waals surface area contributed by atoms with E-state index in [4.69, 9.17) is 4.74 Å². The van der Waals surface area contributed by atoms with Gasteiger partial charge in [-0.15, -0.1) is 0 Å². The van der Waals surface area contributed by atoms with Crippen molar-refractivity contribution in [2.75, 3.05) is 13.2 Å². The number of halogens is 1. The summed E-state index contributed by atoms with van der Waals surface area (Å²) in [5.74, 6) is -0.154. The van der Waals surface area contributed by atoms with Crippen molar-refractivity contribution in [3.05, 3.63) is 35.6 Å². The lowest BCUT2D eigenvalue weighted by molar-refractivity contribution is 0.0136. The zero-order valence-corrected chi connectivity index (χ0v) is 9.58. The molecule has 1 aromatic carbocycles. The second-order valence-electron chi connectivity index (χ2n) is 4.42. The Hall–Kier alpha value is -0.930. The monoisotopic (exact) mass is 223 g/mol. The highest BCUT2D eigenvalue weighted by atomic mass is 19.1. The Kier molecular flexibility index (Phi) is 3.91. The van der Waals surface area contributed by atoms with Gasteiger partial charge in [-0.05, 0) is 37.5 Å². The quantitative estimate of drug-likeness (QED) is 0.847. The van der Waals surface area contributed by atoms with Crippen molar-refractivity contribution in [2.45, 2.75) is 31.9 Å². The Bertz CT molecular complexity index is 334. The first-order valence-electron chi connectivity index (χ1n) is 5.83. The third kappa shape index (κ3) is 3.29. The third-order valence-corrected chi connectivity index (χ3v) is 2.95. The van der Waals surface area contributed by atoms with Gasteiger partial charge in [-0.2, -0.15) is 0 Å². The van der Waals surface area contributed by atoms with Crippen molar-refractivity contribution in [3.8, 4) is 0 Å². The molecule has 1 saturated heterocycles. The molecule has 1 aliphatic heterocycles. The van der Waals surface area contributed by atoms with Crippen LogP contribution in [-0.4, -0.2) is 25.3 Å². The van der Waals surface area contributed by atoms with Gasteiger partial charge in [-0.1, -0.05) is 12.1 Å². The van der Waals surface area contributed by atoms with Crippen LogP contribution in [0.3, 0.4) is 0 Å². The molecule has 0 radical (unpaired) electrons. The molecule has 1 N–H and O–H groups in total. The number of rotatable bonds is 3. The van der Waals surface area contributed by atoms with Crippen LogP contribution in [0.2, 0.25) is 0 Å². The van der Waals surface area contributed by atoms with Crippen LogP contribution < -0.4 is 5.32 Å². The summed E-state index contributed by atoms with van der Waals surface area (Å²) >= 11 is 0. The molecule has 2 unspecified atom stereocenters. The molecular formula is C13H18FNO. The molecule has 2 atom stereocenters. The van der Waals surface area contributed by atoms with E-state index in [9.17, 15) is 4.39 Å². The fraction of sp³-hybridized carbons (Fsp3) is 0.538. The molecule has 0 aliphatic carbocycles. The largest absolute Gasteiger partial charge is 0.376 e. The molecule has 1 fully saturated rings. The number of hydrogen-bond donors (Lipinski definition) is 1. The molecule has 2 nitrogen and oxygen atoms in total. The summed E-state index contributed by atoms with van der Waals surface area (Å²) < 4.78 is 18.5. The lowest BCUT2D eigenvalue weighted by Crippen LogP contribution is -2.45. The highest BCUT2D eigenvalue weighted by Gasteiger charge is 2.17. The zero-order valence-electron chi connectivity index (χ0n) is 9.58. The molecule has 1 heterocycles. The van der Waals surface area contributed by atoms with E-state index in [0.29, 0.717) is 12.1 Å². The van der Waals surface area contributed by atoms with E-state index in [2.05, 4.69) is 12.2 Å². The van der Waals surface area contributed by atoms with Gasteiger partial charge in [0.15, 0.2) is 0 Å². The Morgan fingerprint density at radius 2 is 2.38 bits per heavy atom. The average Bonchev–Trinajstić information content (AvgIpc) is 2.28. The summed E-state index contributed by atoms with van der Waals surface area (Å²) in [6, 6.07) is 7.21. The summed E-state index contributed by atoms with van der Waals surface area (Å²) in [4.78, 5) is 0. The van der Waals surface area contributed by atoms with Crippen LogP contribution in [-0.2, 0) is 11.2 Å². The van der Waals surface area contributed by atoms with E-state index < -0.39 is 0 Å². The van der Waals surface area contributed by atoms with E-state index in [1.165, 1.54) is 6.07 Å². The van der Waals surface area contributed by atoms with Gasteiger partial charge in [-0.3, -0.25) is 0 Å². The van der Waals surface area contributed by atoms with Crippen LogP contribution in [0.4, 0.5) is 4.39 Å². The SMILES string of the molecule is CC1CNC(CCc2cccc(F)c2)CO1. The van der Waals surface area contributed by atoms with Crippen LogP contribution >= 0.6 is 0 Å². The number of hydrogen-bond acceptors (Lipinski definition) is 2. The zero-order chi connectivity index (χ0) is 11.4. The molecule has 0 bridgehead atoms. The molecule has 0 saturated carbocycles. The molecular weight excluding hydrogens is 205 g/mol. The van der Waals surface area contributed by atoms with E-state index in [1.807, 2.05) is 6.07 Å². The summed E-state index contributed by atoms with van der Waals surface area (Å²) in [5.41, 5.74) is 1.06. The van der Waals surface area contributed by atoms with Gasteiger partial charge in [0.1, 0.15) is 5.82 Å². The van der Waals surface area contributed by atoms with E-state index in [-0.39, 0.29) is 5.82 Å². The standard InChI is InChI=1S/C13H18FNO/c1-10-8-15-13(9-16-10)6-5-11-3-2-4-12(14)7-11/h2-4,7,10,13,15H,5-6,8-9H2,1H3. The normalized spacial score (nSPS) is 25.6. The highest BCUT2D eigenvalue weighted by molar-refractivity contribution is 5.16. The second-order valence-corrected chi connectivity index (χ2v) is 4.42. The third-order valence-electron chi connectivity index (χ3n) is 2.95. The van der Waals surface area contributed by atoms with Crippen LogP contribution in [0.5, 0.6) is 0 Å². The van der Waals surface area contributed by atoms with Gasteiger partial charge in [0.25, 0.3) is 0 Å². The molecule has 88 valence electrons. The number of ether oxygens (including phenoxy) is 1. The number of nitrogens with one attached hydrogen (secondary N) is 1. The lowest BCUT2D eigenvalue weighted by atomic mass is 10.0. The van der Waals surface area contributed by atoms with Crippen molar-refractivity contribution in [1.29, 1.82) is 0 Å². The van der Waals surface area contributed by atoms with Crippen LogP contribution in [0, 0.1) is 5.82 Å². The fourth-order valence-corrected chi connectivity index (χ4v) is 1.95. The number of morpholine rings is 1. The van der Waals surface area contributed by atoms with Crippen molar-refractivity contribution in [1.82, 2.24) is 5.32 Å². The Balaban J connectivity index is 1.79. The van der Waals surface area contributed by atoms with Crippen molar-refractivity contribution < 1.29 is 9.13 Å². The van der Waals surface area contributed by atoms with Crippen LogP contribution in [0.1, 0.15) is 18.9 Å². The minimum Gasteiger partial charge on any atom is -0.376 e. The molecule has 16 heavy (non-hydrogen) atoms. The first kappa shape index (κ1) is 11.6.